The Kier molecular flexibility index (Phi) is 6.11. The molecule has 1 aliphatic rings. The van der Waals surface area contributed by atoms with Crippen LogP contribution in [-0.4, -0.2) is 43.2 Å². The van der Waals surface area contributed by atoms with Crippen LogP contribution in [0.1, 0.15) is 29.6 Å². The van der Waals surface area contributed by atoms with E-state index >= 15 is 0 Å². The fraction of sp³-hybridized carbons (Fsp3) is 0.615. The summed E-state index contributed by atoms with van der Waals surface area (Å²) in [6, 6.07) is 1.64. The second-order valence-corrected chi connectivity index (χ2v) is 7.03. The fourth-order valence-corrected chi connectivity index (χ4v) is 3.66. The van der Waals surface area contributed by atoms with Gasteiger partial charge in [0.25, 0.3) is 5.91 Å². The van der Waals surface area contributed by atoms with E-state index in [4.69, 9.17) is 33.7 Å². The summed E-state index contributed by atoms with van der Waals surface area (Å²) >= 11 is 13.1. The van der Waals surface area contributed by atoms with Gasteiger partial charge < -0.3 is 15.4 Å². The number of hydrogen-bond donors (Lipinski definition) is 1. The van der Waals surface area contributed by atoms with E-state index in [2.05, 4.69) is 0 Å². The van der Waals surface area contributed by atoms with Gasteiger partial charge in [-0.1, -0.05) is 23.2 Å². The minimum Gasteiger partial charge on any atom is -0.378 e. The normalized spacial score (nSPS) is 16.6. The lowest BCUT2D eigenvalue weighted by atomic mass is 10.1. The Morgan fingerprint density at radius 1 is 1.45 bits per heavy atom. The molecule has 2 heterocycles. The molecule has 0 spiro atoms. The monoisotopic (exact) mass is 336 g/mol. The highest BCUT2D eigenvalue weighted by Crippen LogP contribution is 2.32. The summed E-state index contributed by atoms with van der Waals surface area (Å²) in [5.74, 6) is -0.0430. The van der Waals surface area contributed by atoms with Gasteiger partial charge in [-0.2, -0.15) is 0 Å². The average Bonchev–Trinajstić information content (AvgIpc) is 2.78. The average molecular weight is 337 g/mol. The van der Waals surface area contributed by atoms with Gasteiger partial charge in [-0.05, 0) is 31.9 Å². The van der Waals surface area contributed by atoms with Crippen molar-refractivity contribution in [3.63, 3.8) is 0 Å². The molecule has 0 bridgehead atoms. The standard InChI is InChI=1S/C13H18Cl2N2O2S/c14-11-8-10(12(15)20-11)13(18)17-5-2-9(3-6-17)19-7-1-4-16/h8-9H,1-7,16H2. The van der Waals surface area contributed by atoms with Gasteiger partial charge in [-0.3, -0.25) is 4.79 Å². The summed E-state index contributed by atoms with van der Waals surface area (Å²) < 4.78 is 6.72. The van der Waals surface area contributed by atoms with Crippen LogP contribution < -0.4 is 5.73 Å². The molecule has 0 saturated carbocycles. The van der Waals surface area contributed by atoms with Crippen molar-refractivity contribution in [2.24, 2.45) is 5.73 Å². The van der Waals surface area contributed by atoms with Gasteiger partial charge in [0.15, 0.2) is 0 Å². The largest absolute Gasteiger partial charge is 0.378 e. The van der Waals surface area contributed by atoms with Crippen LogP contribution in [0.15, 0.2) is 6.07 Å². The van der Waals surface area contributed by atoms with Crippen LogP contribution in [0.4, 0.5) is 0 Å². The zero-order chi connectivity index (χ0) is 14.5. The first-order chi connectivity index (χ1) is 9.61. The van der Waals surface area contributed by atoms with Crippen molar-refractivity contribution < 1.29 is 9.53 Å². The maximum atomic E-state index is 12.3. The number of amides is 1. The van der Waals surface area contributed by atoms with Gasteiger partial charge in [-0.25, -0.2) is 0 Å². The predicted molar refractivity (Wildman–Crippen MR) is 82.9 cm³/mol. The van der Waals surface area contributed by atoms with E-state index in [0.717, 1.165) is 19.3 Å². The molecule has 1 aromatic heterocycles. The van der Waals surface area contributed by atoms with Crippen LogP contribution >= 0.6 is 34.5 Å². The van der Waals surface area contributed by atoms with Gasteiger partial charge in [0.1, 0.15) is 4.34 Å². The summed E-state index contributed by atoms with van der Waals surface area (Å²) in [5.41, 5.74) is 5.94. The molecule has 0 unspecified atom stereocenters. The second kappa shape index (κ2) is 7.61. The number of nitrogens with two attached hydrogens (primary N) is 1. The van der Waals surface area contributed by atoms with Crippen LogP contribution in [0.5, 0.6) is 0 Å². The third-order valence-electron chi connectivity index (χ3n) is 3.32. The zero-order valence-corrected chi connectivity index (χ0v) is 13.4. The van der Waals surface area contributed by atoms with E-state index < -0.39 is 0 Å². The SMILES string of the molecule is NCCCOC1CCN(C(=O)c2cc(Cl)sc2Cl)CC1. The number of ether oxygens (including phenoxy) is 1. The van der Waals surface area contributed by atoms with Crippen LogP contribution in [0.25, 0.3) is 0 Å². The number of carbonyl (C=O) groups is 1. The summed E-state index contributed by atoms with van der Waals surface area (Å²) in [6.07, 6.45) is 2.81. The van der Waals surface area contributed by atoms with E-state index in [-0.39, 0.29) is 12.0 Å². The van der Waals surface area contributed by atoms with E-state index in [1.54, 1.807) is 6.07 Å². The minimum atomic E-state index is -0.0430. The molecule has 1 fully saturated rings. The third kappa shape index (κ3) is 4.09. The summed E-state index contributed by atoms with van der Waals surface area (Å²) in [4.78, 5) is 14.1. The molecule has 1 amide bonds. The summed E-state index contributed by atoms with van der Waals surface area (Å²) in [5, 5.41) is 0. The van der Waals surface area contributed by atoms with Crippen molar-refractivity contribution in [3.8, 4) is 0 Å². The van der Waals surface area contributed by atoms with E-state index in [0.29, 0.717) is 40.5 Å². The third-order valence-corrected chi connectivity index (χ3v) is 4.81. The Morgan fingerprint density at radius 3 is 2.70 bits per heavy atom. The quantitative estimate of drug-likeness (QED) is 0.841. The Balaban J connectivity index is 1.84. The highest BCUT2D eigenvalue weighted by atomic mass is 35.5. The second-order valence-electron chi connectivity index (χ2n) is 4.74. The number of nitrogens with zero attached hydrogens (tertiary/aromatic N) is 1. The molecule has 0 radical (unpaired) electrons. The highest BCUT2D eigenvalue weighted by Gasteiger charge is 2.26. The maximum absolute atomic E-state index is 12.3. The van der Waals surface area contributed by atoms with Crippen LogP contribution in [0.2, 0.25) is 8.67 Å². The molecule has 7 heteroatoms. The van der Waals surface area contributed by atoms with Crippen molar-refractivity contribution >= 4 is 40.4 Å². The van der Waals surface area contributed by atoms with Crippen molar-refractivity contribution in [2.45, 2.75) is 25.4 Å². The molecule has 2 N–H and O–H groups in total. The van der Waals surface area contributed by atoms with Crippen molar-refractivity contribution in [1.29, 1.82) is 0 Å². The fourth-order valence-electron chi connectivity index (χ4n) is 2.22. The smallest absolute Gasteiger partial charge is 0.256 e. The Bertz CT molecular complexity index is 459. The lowest BCUT2D eigenvalue weighted by molar-refractivity contribution is 0.00846. The summed E-state index contributed by atoms with van der Waals surface area (Å²) in [7, 11) is 0. The van der Waals surface area contributed by atoms with Crippen molar-refractivity contribution in [3.05, 3.63) is 20.3 Å². The number of hydrogen-bond acceptors (Lipinski definition) is 4. The number of rotatable bonds is 5. The molecule has 4 nitrogen and oxygen atoms in total. The summed E-state index contributed by atoms with van der Waals surface area (Å²) in [6.45, 7) is 2.72. The van der Waals surface area contributed by atoms with Gasteiger partial charge in [-0.15, -0.1) is 11.3 Å². The molecule has 112 valence electrons. The van der Waals surface area contributed by atoms with Crippen molar-refractivity contribution in [2.75, 3.05) is 26.2 Å². The zero-order valence-electron chi connectivity index (χ0n) is 11.1. The lowest BCUT2D eigenvalue weighted by Crippen LogP contribution is -2.41. The minimum absolute atomic E-state index is 0.0430. The van der Waals surface area contributed by atoms with Crippen molar-refractivity contribution in [1.82, 2.24) is 4.90 Å². The number of halogens is 2. The van der Waals surface area contributed by atoms with Crippen LogP contribution in [-0.2, 0) is 4.74 Å². The first-order valence-electron chi connectivity index (χ1n) is 6.67. The van der Waals surface area contributed by atoms with Crippen LogP contribution in [0, 0.1) is 0 Å². The number of thiophene rings is 1. The molecular weight excluding hydrogens is 319 g/mol. The first-order valence-corrected chi connectivity index (χ1v) is 8.25. The van der Waals surface area contributed by atoms with E-state index in [1.807, 2.05) is 4.90 Å². The maximum Gasteiger partial charge on any atom is 0.256 e. The number of piperidine rings is 1. The first kappa shape index (κ1) is 16.0. The molecule has 20 heavy (non-hydrogen) atoms. The lowest BCUT2D eigenvalue weighted by Gasteiger charge is -2.31. The molecule has 0 atom stereocenters. The van der Waals surface area contributed by atoms with E-state index in [1.165, 1.54) is 11.3 Å². The van der Waals surface area contributed by atoms with Gasteiger partial charge in [0.05, 0.1) is 16.0 Å². The predicted octanol–water partition coefficient (Wildman–Crippen LogP) is 3.02. The van der Waals surface area contributed by atoms with Gasteiger partial charge >= 0.3 is 0 Å². The van der Waals surface area contributed by atoms with Gasteiger partial charge in [0, 0.05) is 19.7 Å². The number of carbonyl (C=O) groups excluding carboxylic acids is 1. The Labute approximate surface area is 132 Å². The topological polar surface area (TPSA) is 55.6 Å². The highest BCUT2D eigenvalue weighted by molar-refractivity contribution is 7.20. The Hall–Kier alpha value is -0.330. The molecular formula is C13H18Cl2N2O2S. The molecule has 1 aliphatic heterocycles. The number of likely N-dealkylation sites (tertiary alicyclic amines) is 1. The molecule has 0 aromatic carbocycles. The molecule has 2 rings (SSSR count). The van der Waals surface area contributed by atoms with Gasteiger partial charge in [0.2, 0.25) is 0 Å². The van der Waals surface area contributed by atoms with Crippen LogP contribution in [0.3, 0.4) is 0 Å². The van der Waals surface area contributed by atoms with E-state index in [9.17, 15) is 4.79 Å². The molecule has 1 saturated heterocycles. The Morgan fingerprint density at radius 2 is 2.15 bits per heavy atom. The molecule has 0 aliphatic carbocycles. The molecule has 1 aromatic rings.